The molecule has 0 radical (unpaired) electrons. The number of sulfonamides is 1. The van der Waals surface area contributed by atoms with Crippen molar-refractivity contribution in [1.82, 2.24) is 5.32 Å². The van der Waals surface area contributed by atoms with Gasteiger partial charge in [-0.3, -0.25) is 13.9 Å². The van der Waals surface area contributed by atoms with Gasteiger partial charge in [0.1, 0.15) is 18.0 Å². The number of carbonyl (C=O) groups excluding carboxylic acids is 2. The zero-order valence-corrected chi connectivity index (χ0v) is 22.6. The first-order valence-electron chi connectivity index (χ1n) is 12.5. The summed E-state index contributed by atoms with van der Waals surface area (Å²) in [5.74, 6) is 0.121. The summed E-state index contributed by atoms with van der Waals surface area (Å²) in [5, 5.41) is 5.40. The van der Waals surface area contributed by atoms with Gasteiger partial charge in [0, 0.05) is 13.7 Å². The Labute approximate surface area is 233 Å². The molecule has 2 N–H and O–H groups in total. The lowest BCUT2D eigenvalue weighted by Crippen LogP contribution is -2.38. The Morgan fingerprint density at radius 3 is 2.05 bits per heavy atom. The Morgan fingerprint density at radius 2 is 1.38 bits per heavy atom. The molecule has 0 aliphatic heterocycles. The van der Waals surface area contributed by atoms with Crippen LogP contribution in [0.5, 0.6) is 11.5 Å². The normalized spacial score (nSPS) is 10.9. The lowest BCUT2D eigenvalue weighted by atomic mass is 10.1. The highest BCUT2D eigenvalue weighted by molar-refractivity contribution is 7.92. The Morgan fingerprint density at radius 1 is 0.775 bits per heavy atom. The van der Waals surface area contributed by atoms with E-state index in [9.17, 15) is 18.0 Å². The number of rotatable bonds is 12. The van der Waals surface area contributed by atoms with E-state index in [1.54, 1.807) is 78.9 Å². The molecule has 0 unspecified atom stereocenters. The second kappa shape index (κ2) is 13.4. The number of hydrogen-bond donors (Lipinski definition) is 2. The van der Waals surface area contributed by atoms with Crippen LogP contribution in [0.25, 0.3) is 0 Å². The summed E-state index contributed by atoms with van der Waals surface area (Å²) in [4.78, 5) is 25.9. The molecule has 0 heterocycles. The van der Waals surface area contributed by atoms with Crippen LogP contribution in [0, 0.1) is 0 Å². The monoisotopic (exact) mass is 559 g/mol. The molecule has 4 aromatic carbocycles. The van der Waals surface area contributed by atoms with Crippen LogP contribution in [0.4, 0.5) is 11.4 Å². The maximum Gasteiger partial charge on any atom is 0.264 e. The van der Waals surface area contributed by atoms with Crippen molar-refractivity contribution in [1.29, 1.82) is 0 Å². The first-order valence-corrected chi connectivity index (χ1v) is 13.9. The van der Waals surface area contributed by atoms with E-state index in [1.807, 2.05) is 18.2 Å². The summed E-state index contributed by atoms with van der Waals surface area (Å²) in [6, 6.07) is 29.9. The predicted octanol–water partition coefficient (Wildman–Crippen LogP) is 4.69. The molecular weight excluding hydrogens is 530 g/mol. The van der Waals surface area contributed by atoms with E-state index >= 15 is 0 Å². The molecule has 9 nitrogen and oxygen atoms in total. The van der Waals surface area contributed by atoms with E-state index in [4.69, 9.17) is 9.47 Å². The number of para-hydroxylation sites is 2. The van der Waals surface area contributed by atoms with Crippen molar-refractivity contribution in [2.24, 2.45) is 0 Å². The third-order valence-electron chi connectivity index (χ3n) is 5.76. The maximum atomic E-state index is 13.7. The van der Waals surface area contributed by atoms with Crippen LogP contribution in [0.1, 0.15) is 10.4 Å². The van der Waals surface area contributed by atoms with Gasteiger partial charge < -0.3 is 20.1 Å². The minimum atomic E-state index is -4.12. The van der Waals surface area contributed by atoms with Crippen LogP contribution < -0.4 is 19.7 Å². The summed E-state index contributed by atoms with van der Waals surface area (Å²) in [6.45, 7) is 0.0994. The fourth-order valence-electron chi connectivity index (χ4n) is 3.81. The van der Waals surface area contributed by atoms with Gasteiger partial charge in [0.25, 0.3) is 15.9 Å². The van der Waals surface area contributed by atoms with Crippen molar-refractivity contribution in [3.8, 4) is 11.5 Å². The molecule has 0 spiro atoms. The van der Waals surface area contributed by atoms with E-state index < -0.39 is 28.4 Å². The van der Waals surface area contributed by atoms with Crippen molar-refractivity contribution < 1.29 is 27.5 Å². The van der Waals surface area contributed by atoms with Crippen LogP contribution in [0.2, 0.25) is 0 Å². The molecule has 0 saturated carbocycles. The molecule has 0 atom stereocenters. The lowest BCUT2D eigenvalue weighted by molar-refractivity contribution is -0.114. The van der Waals surface area contributed by atoms with E-state index in [0.717, 1.165) is 4.31 Å². The fraction of sp³-hybridized carbons (Fsp3) is 0.133. The Balaban J connectivity index is 1.58. The number of methoxy groups -OCH3 is 1. The van der Waals surface area contributed by atoms with Gasteiger partial charge in [-0.15, -0.1) is 0 Å². The Bertz CT molecular complexity index is 1530. The van der Waals surface area contributed by atoms with Crippen LogP contribution in [-0.4, -0.2) is 47.0 Å². The average molecular weight is 560 g/mol. The molecule has 0 aliphatic rings. The topological polar surface area (TPSA) is 114 Å². The number of carbonyl (C=O) groups is 2. The van der Waals surface area contributed by atoms with Gasteiger partial charge in [0.2, 0.25) is 5.91 Å². The third-order valence-corrected chi connectivity index (χ3v) is 7.55. The highest BCUT2D eigenvalue weighted by atomic mass is 32.2. The molecule has 0 fully saturated rings. The third kappa shape index (κ3) is 7.25. The summed E-state index contributed by atoms with van der Waals surface area (Å²) >= 11 is 0. The first kappa shape index (κ1) is 28.3. The van der Waals surface area contributed by atoms with Crippen molar-refractivity contribution in [3.63, 3.8) is 0 Å². The molecule has 0 aromatic heterocycles. The summed E-state index contributed by atoms with van der Waals surface area (Å²) in [5.41, 5.74) is 0.767. The fourth-order valence-corrected chi connectivity index (χ4v) is 5.25. The SMILES string of the molecule is COCCNC(=O)c1ccccc1NC(=O)CN(c1ccc(Oc2ccccc2)cc1)S(=O)(=O)c1ccccc1. The largest absolute Gasteiger partial charge is 0.457 e. The van der Waals surface area contributed by atoms with E-state index in [1.165, 1.54) is 19.2 Å². The second-order valence-corrected chi connectivity index (χ2v) is 10.4. The minimum Gasteiger partial charge on any atom is -0.457 e. The predicted molar refractivity (Wildman–Crippen MR) is 153 cm³/mol. The van der Waals surface area contributed by atoms with Crippen LogP contribution >= 0.6 is 0 Å². The first-order chi connectivity index (χ1) is 19.4. The average Bonchev–Trinajstić information content (AvgIpc) is 2.98. The molecule has 40 heavy (non-hydrogen) atoms. The molecule has 10 heteroatoms. The minimum absolute atomic E-state index is 0.0327. The van der Waals surface area contributed by atoms with Gasteiger partial charge in [-0.1, -0.05) is 48.5 Å². The Hall–Kier alpha value is -4.67. The number of nitrogens with one attached hydrogen (secondary N) is 2. The van der Waals surface area contributed by atoms with Crippen molar-refractivity contribution in [3.05, 3.63) is 115 Å². The highest BCUT2D eigenvalue weighted by Crippen LogP contribution is 2.28. The van der Waals surface area contributed by atoms with Crippen molar-refractivity contribution >= 4 is 33.2 Å². The van der Waals surface area contributed by atoms with Crippen LogP contribution in [-0.2, 0) is 19.6 Å². The van der Waals surface area contributed by atoms with Crippen molar-refractivity contribution in [2.45, 2.75) is 4.90 Å². The quantitative estimate of drug-likeness (QED) is 0.244. The molecule has 0 aliphatic carbocycles. The molecule has 4 rings (SSSR count). The van der Waals surface area contributed by atoms with E-state index in [2.05, 4.69) is 10.6 Å². The number of amides is 2. The summed E-state index contributed by atoms with van der Waals surface area (Å²) in [7, 11) is -2.59. The zero-order valence-electron chi connectivity index (χ0n) is 21.8. The molecule has 0 saturated heterocycles. The lowest BCUT2D eigenvalue weighted by Gasteiger charge is -2.24. The van der Waals surface area contributed by atoms with Gasteiger partial charge in [0.15, 0.2) is 0 Å². The van der Waals surface area contributed by atoms with Crippen LogP contribution in [0.15, 0.2) is 114 Å². The summed E-state index contributed by atoms with van der Waals surface area (Å²) in [6.07, 6.45) is 0. The van der Waals surface area contributed by atoms with Crippen molar-refractivity contribution in [2.75, 3.05) is 36.4 Å². The molecule has 0 bridgehead atoms. The van der Waals surface area contributed by atoms with Gasteiger partial charge in [0.05, 0.1) is 28.4 Å². The number of hydrogen-bond acceptors (Lipinski definition) is 6. The number of ether oxygens (including phenoxy) is 2. The van der Waals surface area contributed by atoms with Crippen LogP contribution in [0.3, 0.4) is 0 Å². The Kier molecular flexibility index (Phi) is 9.50. The number of benzene rings is 4. The zero-order chi connectivity index (χ0) is 28.4. The summed E-state index contributed by atoms with van der Waals surface area (Å²) < 4.78 is 39.1. The maximum absolute atomic E-state index is 13.7. The molecule has 2 amide bonds. The van der Waals surface area contributed by atoms with Gasteiger partial charge in [-0.25, -0.2) is 8.42 Å². The van der Waals surface area contributed by atoms with E-state index in [0.29, 0.717) is 24.7 Å². The van der Waals surface area contributed by atoms with Gasteiger partial charge >= 0.3 is 0 Å². The molecule has 206 valence electrons. The van der Waals surface area contributed by atoms with Gasteiger partial charge in [-0.05, 0) is 60.7 Å². The molecular formula is C30H29N3O6S. The number of anilines is 2. The second-order valence-electron chi connectivity index (χ2n) is 8.58. The standard InChI is InChI=1S/C30H29N3O6S/c1-38-21-20-31-30(35)27-14-8-9-15-28(27)32-29(34)22-33(40(36,37)26-12-6-3-7-13-26)23-16-18-25(19-17-23)39-24-10-4-2-5-11-24/h2-19H,20-22H2,1H3,(H,31,35)(H,32,34). The molecule has 4 aromatic rings. The highest BCUT2D eigenvalue weighted by Gasteiger charge is 2.27. The van der Waals surface area contributed by atoms with E-state index in [-0.39, 0.29) is 21.8 Å². The number of nitrogens with zero attached hydrogens (tertiary/aromatic N) is 1. The smallest absolute Gasteiger partial charge is 0.264 e. The van der Waals surface area contributed by atoms with Gasteiger partial charge in [-0.2, -0.15) is 0 Å².